The van der Waals surface area contributed by atoms with Gasteiger partial charge in [0.05, 0.1) is 5.41 Å². The number of carbonyl (C=O) groups is 2. The lowest BCUT2D eigenvalue weighted by atomic mass is 9.81. The minimum Gasteiger partial charge on any atom is -0.342 e. The summed E-state index contributed by atoms with van der Waals surface area (Å²) in [5, 5.41) is 2.67. The molecule has 92 valence electrons. The number of hydroxylamine groups is 1. The van der Waals surface area contributed by atoms with Gasteiger partial charge in [0, 0.05) is 6.54 Å². The van der Waals surface area contributed by atoms with Crippen molar-refractivity contribution < 1.29 is 14.4 Å². The lowest BCUT2D eigenvalue weighted by Crippen LogP contribution is -2.51. The van der Waals surface area contributed by atoms with E-state index >= 15 is 0 Å². The summed E-state index contributed by atoms with van der Waals surface area (Å²) < 4.78 is 0. The van der Waals surface area contributed by atoms with Gasteiger partial charge >= 0.3 is 0 Å². The molecule has 0 aromatic rings. The van der Waals surface area contributed by atoms with E-state index in [4.69, 9.17) is 10.6 Å². The van der Waals surface area contributed by atoms with Crippen LogP contribution in [0.4, 0.5) is 0 Å². The van der Waals surface area contributed by atoms with Crippen LogP contribution >= 0.6 is 0 Å². The molecule has 1 aliphatic heterocycles. The van der Waals surface area contributed by atoms with Crippen molar-refractivity contribution in [3.05, 3.63) is 0 Å². The molecule has 4 N–H and O–H groups in total. The van der Waals surface area contributed by atoms with Crippen LogP contribution in [0.25, 0.3) is 0 Å². The van der Waals surface area contributed by atoms with Crippen LogP contribution in [0.15, 0.2) is 0 Å². The molecule has 6 nitrogen and oxygen atoms in total. The smallest absolute Gasteiger partial charge is 0.268 e. The van der Waals surface area contributed by atoms with E-state index < -0.39 is 11.5 Å². The zero-order valence-electron chi connectivity index (χ0n) is 9.71. The Morgan fingerprint density at radius 1 is 1.62 bits per heavy atom. The van der Waals surface area contributed by atoms with Gasteiger partial charge in [0.15, 0.2) is 0 Å². The largest absolute Gasteiger partial charge is 0.342 e. The Labute approximate surface area is 94.8 Å². The average Bonchev–Trinajstić information content (AvgIpc) is 2.68. The number of hydrogen-bond donors (Lipinski definition) is 3. The first-order valence-electron chi connectivity index (χ1n) is 5.52. The quantitative estimate of drug-likeness (QED) is 0.581. The fraction of sp³-hybridized carbons (Fsp3) is 0.800. The molecule has 1 saturated heterocycles. The monoisotopic (exact) mass is 229 g/mol. The fourth-order valence-electron chi connectivity index (χ4n) is 1.71. The Balaban J connectivity index is 2.65. The van der Waals surface area contributed by atoms with Crippen LogP contribution in [0.2, 0.25) is 0 Å². The molecule has 6 heteroatoms. The highest BCUT2D eigenvalue weighted by Gasteiger charge is 2.37. The maximum absolute atomic E-state index is 12.0. The maximum atomic E-state index is 12.0. The summed E-state index contributed by atoms with van der Waals surface area (Å²) in [6.07, 6.45) is 1.31. The first kappa shape index (κ1) is 12.9. The van der Waals surface area contributed by atoms with Gasteiger partial charge in [-0.25, -0.2) is 5.48 Å². The molecule has 0 aromatic heterocycles. The van der Waals surface area contributed by atoms with Crippen LogP contribution in [-0.4, -0.2) is 31.0 Å². The van der Waals surface area contributed by atoms with Gasteiger partial charge in [0.1, 0.15) is 12.6 Å². The van der Waals surface area contributed by atoms with Gasteiger partial charge in [-0.2, -0.15) is 0 Å². The summed E-state index contributed by atoms with van der Waals surface area (Å²) in [4.78, 5) is 28.0. The van der Waals surface area contributed by atoms with E-state index in [0.717, 1.165) is 0 Å². The van der Waals surface area contributed by atoms with Gasteiger partial charge in [0.2, 0.25) is 5.91 Å². The molecule has 1 fully saturated rings. The summed E-state index contributed by atoms with van der Waals surface area (Å²) in [5.74, 6) is -0.489. The van der Waals surface area contributed by atoms with Crippen molar-refractivity contribution in [2.75, 3.05) is 13.2 Å². The molecule has 0 aliphatic carbocycles. The van der Waals surface area contributed by atoms with E-state index in [-0.39, 0.29) is 25.0 Å². The molecular weight excluding hydrogens is 210 g/mol. The number of rotatable bonds is 5. The minimum absolute atomic E-state index is 0.165. The minimum atomic E-state index is -0.600. The zero-order valence-corrected chi connectivity index (χ0v) is 9.71. The van der Waals surface area contributed by atoms with E-state index in [1.807, 2.05) is 13.8 Å². The van der Waals surface area contributed by atoms with Crippen molar-refractivity contribution in [3.8, 4) is 0 Å². The second-order valence-corrected chi connectivity index (χ2v) is 3.99. The number of amides is 2. The van der Waals surface area contributed by atoms with Crippen molar-refractivity contribution in [1.82, 2.24) is 10.8 Å². The van der Waals surface area contributed by atoms with Gasteiger partial charge in [0.25, 0.3) is 5.91 Å². The molecule has 16 heavy (non-hydrogen) atoms. The van der Waals surface area contributed by atoms with Crippen molar-refractivity contribution >= 4 is 11.8 Å². The van der Waals surface area contributed by atoms with Crippen LogP contribution in [-0.2, 0) is 14.4 Å². The second kappa shape index (κ2) is 5.27. The topological polar surface area (TPSA) is 93.5 Å². The molecule has 0 unspecified atom stereocenters. The summed E-state index contributed by atoms with van der Waals surface area (Å²) >= 11 is 0. The highest BCUT2D eigenvalue weighted by molar-refractivity contribution is 5.90. The van der Waals surface area contributed by atoms with Crippen LogP contribution in [0.5, 0.6) is 0 Å². The second-order valence-electron chi connectivity index (χ2n) is 3.99. The summed E-state index contributed by atoms with van der Waals surface area (Å²) in [6.45, 7) is 4.28. The van der Waals surface area contributed by atoms with E-state index in [1.165, 1.54) is 0 Å². The standard InChI is InChI=1S/C10H19N3O3/c1-3-10(4-2,6-11)9(15)12-7-5-16-13-8(7)14/h7H,3-6,11H2,1-2H3,(H,12,15)(H,13,14)/t7-/m1/s1. The zero-order chi connectivity index (χ0) is 12.2. The van der Waals surface area contributed by atoms with Crippen molar-refractivity contribution in [1.29, 1.82) is 0 Å². The third-order valence-corrected chi connectivity index (χ3v) is 3.27. The molecule has 0 spiro atoms. The molecule has 0 aromatic carbocycles. The van der Waals surface area contributed by atoms with Crippen molar-refractivity contribution in [2.24, 2.45) is 11.1 Å². The fourth-order valence-corrected chi connectivity index (χ4v) is 1.71. The van der Waals surface area contributed by atoms with E-state index in [2.05, 4.69) is 10.8 Å². The Bertz CT molecular complexity index is 268. The van der Waals surface area contributed by atoms with Crippen molar-refractivity contribution in [2.45, 2.75) is 32.7 Å². The Morgan fingerprint density at radius 3 is 2.62 bits per heavy atom. The normalized spacial score (nSPS) is 20.7. The van der Waals surface area contributed by atoms with E-state index in [1.54, 1.807) is 0 Å². The van der Waals surface area contributed by atoms with Gasteiger partial charge in [-0.05, 0) is 12.8 Å². The molecule has 1 rings (SSSR count). The predicted octanol–water partition coefficient (Wildman–Crippen LogP) is -0.702. The Hall–Kier alpha value is -1.14. The van der Waals surface area contributed by atoms with Crippen molar-refractivity contribution in [3.63, 3.8) is 0 Å². The number of nitrogens with one attached hydrogen (secondary N) is 2. The summed E-state index contributed by atoms with van der Waals surface area (Å²) in [5.41, 5.74) is 7.26. The maximum Gasteiger partial charge on any atom is 0.268 e. The average molecular weight is 229 g/mol. The first-order valence-corrected chi connectivity index (χ1v) is 5.52. The summed E-state index contributed by atoms with van der Waals surface area (Å²) in [6, 6.07) is -0.600. The van der Waals surface area contributed by atoms with Crippen LogP contribution in [0.3, 0.4) is 0 Å². The highest BCUT2D eigenvalue weighted by atomic mass is 16.7. The molecule has 1 heterocycles. The number of hydrogen-bond acceptors (Lipinski definition) is 4. The van der Waals surface area contributed by atoms with Gasteiger partial charge in [-0.1, -0.05) is 13.8 Å². The predicted molar refractivity (Wildman–Crippen MR) is 58.1 cm³/mol. The van der Waals surface area contributed by atoms with Crippen LogP contribution in [0, 0.1) is 5.41 Å². The number of carbonyl (C=O) groups excluding carboxylic acids is 2. The molecule has 0 bridgehead atoms. The van der Waals surface area contributed by atoms with Gasteiger partial charge in [-0.3, -0.25) is 14.4 Å². The molecule has 1 atom stereocenters. The van der Waals surface area contributed by atoms with Crippen LogP contribution < -0.4 is 16.5 Å². The third kappa shape index (κ3) is 2.33. The molecule has 2 amide bonds. The van der Waals surface area contributed by atoms with Gasteiger partial charge in [-0.15, -0.1) is 0 Å². The summed E-state index contributed by atoms with van der Waals surface area (Å²) in [7, 11) is 0. The Kier molecular flexibility index (Phi) is 4.26. The van der Waals surface area contributed by atoms with E-state index in [0.29, 0.717) is 12.8 Å². The highest BCUT2D eigenvalue weighted by Crippen LogP contribution is 2.25. The van der Waals surface area contributed by atoms with E-state index in [9.17, 15) is 9.59 Å². The van der Waals surface area contributed by atoms with Crippen LogP contribution in [0.1, 0.15) is 26.7 Å². The molecule has 1 aliphatic rings. The SMILES string of the molecule is CCC(CC)(CN)C(=O)N[C@@H]1CONC1=O. The molecule has 0 radical (unpaired) electrons. The van der Waals surface area contributed by atoms with Gasteiger partial charge < -0.3 is 11.1 Å². The first-order chi connectivity index (χ1) is 7.59. The molecular formula is C10H19N3O3. The molecule has 0 saturated carbocycles. The number of nitrogens with two attached hydrogens (primary N) is 1. The Morgan fingerprint density at radius 2 is 2.25 bits per heavy atom. The third-order valence-electron chi connectivity index (χ3n) is 3.27. The lowest BCUT2D eigenvalue weighted by Gasteiger charge is -2.29. The lowest BCUT2D eigenvalue weighted by molar-refractivity contribution is -0.134.